The molecule has 142 valence electrons. The maximum Gasteiger partial charge on any atom is 0.355 e. The molecule has 0 spiro atoms. The molecule has 0 fully saturated rings. The molecule has 2 heterocycles. The van der Waals surface area contributed by atoms with Crippen LogP contribution in [0.2, 0.25) is 0 Å². The van der Waals surface area contributed by atoms with Crippen LogP contribution in [0, 0.1) is 0 Å². The number of carbonyl (C=O) groups is 2. The second-order valence-corrected chi connectivity index (χ2v) is 6.60. The fourth-order valence-corrected chi connectivity index (χ4v) is 3.57. The van der Waals surface area contributed by atoms with Crippen LogP contribution in [0.3, 0.4) is 0 Å². The molecule has 1 amide bonds. The number of nitrogens with zero attached hydrogens (tertiary/aromatic N) is 1. The van der Waals surface area contributed by atoms with Crippen LogP contribution in [0.4, 0.5) is 5.69 Å². The Hall–Kier alpha value is -3.00. The van der Waals surface area contributed by atoms with Crippen molar-refractivity contribution in [1.82, 2.24) is 4.57 Å². The number of hydrogen-bond acceptors (Lipinski definition) is 6. The number of nitrogens with one attached hydrogen (secondary N) is 1. The van der Waals surface area contributed by atoms with Crippen molar-refractivity contribution in [2.75, 3.05) is 26.1 Å². The highest BCUT2D eigenvalue weighted by Crippen LogP contribution is 2.27. The smallest absolute Gasteiger partial charge is 0.355 e. The van der Waals surface area contributed by atoms with Gasteiger partial charge in [0.1, 0.15) is 23.7 Å². The van der Waals surface area contributed by atoms with Crippen LogP contribution in [0.25, 0.3) is 10.2 Å². The van der Waals surface area contributed by atoms with E-state index in [0.29, 0.717) is 22.9 Å². The molecule has 8 heteroatoms. The molecule has 0 radical (unpaired) electrons. The van der Waals surface area contributed by atoms with E-state index >= 15 is 0 Å². The molecular formula is C19H20N2O5S. The van der Waals surface area contributed by atoms with Crippen molar-refractivity contribution >= 4 is 39.1 Å². The number of methoxy groups -OCH3 is 2. The predicted octanol–water partition coefficient (Wildman–Crippen LogP) is 3.54. The van der Waals surface area contributed by atoms with E-state index in [9.17, 15) is 9.59 Å². The van der Waals surface area contributed by atoms with Gasteiger partial charge in [-0.2, -0.15) is 0 Å². The Morgan fingerprint density at radius 3 is 2.44 bits per heavy atom. The number of thiophene rings is 1. The first-order valence-electron chi connectivity index (χ1n) is 8.32. The minimum absolute atomic E-state index is 0.0199. The van der Waals surface area contributed by atoms with Crippen molar-refractivity contribution in [3.8, 4) is 11.5 Å². The SMILES string of the molecule is CCOC(=O)c1cc2sccc2n1CC(=O)Nc1cc(OC)cc(OC)c1. The summed E-state index contributed by atoms with van der Waals surface area (Å²) in [4.78, 5) is 24.9. The lowest BCUT2D eigenvalue weighted by atomic mass is 10.2. The lowest BCUT2D eigenvalue weighted by molar-refractivity contribution is -0.116. The molecular weight excluding hydrogens is 368 g/mol. The number of benzene rings is 1. The van der Waals surface area contributed by atoms with Gasteiger partial charge in [0.05, 0.1) is 31.0 Å². The Labute approximate surface area is 160 Å². The van der Waals surface area contributed by atoms with Gasteiger partial charge in [-0.1, -0.05) is 0 Å². The standard InChI is InChI=1S/C19H20N2O5S/c1-4-26-19(23)16-10-17-15(5-6-27-17)21(16)11-18(22)20-12-7-13(24-2)9-14(8-12)25-3/h5-10H,4,11H2,1-3H3,(H,20,22). The van der Waals surface area contributed by atoms with Crippen molar-refractivity contribution in [2.24, 2.45) is 0 Å². The maximum atomic E-state index is 12.6. The Bertz CT molecular complexity index is 954. The molecule has 1 N–H and O–H groups in total. The number of ether oxygens (including phenoxy) is 3. The third-order valence-electron chi connectivity index (χ3n) is 3.94. The number of anilines is 1. The number of esters is 1. The molecule has 3 aromatic rings. The molecule has 1 aromatic carbocycles. The van der Waals surface area contributed by atoms with Gasteiger partial charge in [0.2, 0.25) is 5.91 Å². The molecule has 27 heavy (non-hydrogen) atoms. The molecule has 0 unspecified atom stereocenters. The second-order valence-electron chi connectivity index (χ2n) is 5.66. The highest BCUT2D eigenvalue weighted by atomic mass is 32.1. The summed E-state index contributed by atoms with van der Waals surface area (Å²) in [7, 11) is 3.08. The van der Waals surface area contributed by atoms with E-state index in [1.165, 1.54) is 11.3 Å². The van der Waals surface area contributed by atoms with E-state index in [2.05, 4.69) is 5.32 Å². The van der Waals surface area contributed by atoms with Gasteiger partial charge >= 0.3 is 5.97 Å². The van der Waals surface area contributed by atoms with Crippen molar-refractivity contribution < 1.29 is 23.8 Å². The van der Waals surface area contributed by atoms with Crippen molar-refractivity contribution in [2.45, 2.75) is 13.5 Å². The van der Waals surface area contributed by atoms with Crippen LogP contribution in [0.1, 0.15) is 17.4 Å². The highest BCUT2D eigenvalue weighted by molar-refractivity contribution is 7.17. The average Bonchev–Trinajstić information content (AvgIpc) is 3.24. The number of carbonyl (C=O) groups excluding carboxylic acids is 2. The van der Waals surface area contributed by atoms with Crippen LogP contribution >= 0.6 is 11.3 Å². The van der Waals surface area contributed by atoms with E-state index in [-0.39, 0.29) is 19.1 Å². The molecule has 0 aliphatic rings. The molecule has 2 aromatic heterocycles. The van der Waals surface area contributed by atoms with Crippen LogP contribution < -0.4 is 14.8 Å². The van der Waals surface area contributed by atoms with Gasteiger partial charge in [0, 0.05) is 23.9 Å². The molecule has 0 aliphatic heterocycles. The number of rotatable bonds is 7. The number of fused-ring (bicyclic) bond motifs is 1. The molecule has 0 bridgehead atoms. The van der Waals surface area contributed by atoms with Gasteiger partial charge in [-0.05, 0) is 24.4 Å². The summed E-state index contributed by atoms with van der Waals surface area (Å²) in [5, 5.41) is 4.73. The van der Waals surface area contributed by atoms with Gasteiger partial charge < -0.3 is 24.1 Å². The largest absolute Gasteiger partial charge is 0.497 e. The quantitative estimate of drug-likeness (QED) is 0.627. The topological polar surface area (TPSA) is 78.8 Å². The number of hydrogen-bond donors (Lipinski definition) is 1. The zero-order valence-electron chi connectivity index (χ0n) is 15.3. The monoisotopic (exact) mass is 388 g/mol. The van der Waals surface area contributed by atoms with Crippen LogP contribution in [0.15, 0.2) is 35.7 Å². The van der Waals surface area contributed by atoms with Gasteiger partial charge in [0.25, 0.3) is 0 Å². The van der Waals surface area contributed by atoms with E-state index in [1.54, 1.807) is 50.0 Å². The van der Waals surface area contributed by atoms with Crippen LogP contribution in [0.5, 0.6) is 11.5 Å². The Kier molecular flexibility index (Phi) is 5.66. The van der Waals surface area contributed by atoms with Crippen molar-refractivity contribution in [3.63, 3.8) is 0 Å². The summed E-state index contributed by atoms with van der Waals surface area (Å²) in [6, 6.07) is 8.74. The van der Waals surface area contributed by atoms with Crippen LogP contribution in [-0.2, 0) is 16.1 Å². The first-order chi connectivity index (χ1) is 13.0. The molecule has 7 nitrogen and oxygen atoms in total. The summed E-state index contributed by atoms with van der Waals surface area (Å²) in [5.41, 5.74) is 1.72. The number of amides is 1. The van der Waals surface area contributed by atoms with E-state index in [1.807, 2.05) is 11.4 Å². The third kappa shape index (κ3) is 4.06. The molecule has 3 rings (SSSR count). The van der Waals surface area contributed by atoms with Crippen molar-refractivity contribution in [1.29, 1.82) is 0 Å². The summed E-state index contributed by atoms with van der Waals surface area (Å²) in [5.74, 6) is 0.410. The van der Waals surface area contributed by atoms with Gasteiger partial charge in [0.15, 0.2) is 0 Å². The lowest BCUT2D eigenvalue weighted by Gasteiger charge is -2.12. The average molecular weight is 388 g/mol. The molecule has 0 atom stereocenters. The zero-order chi connectivity index (χ0) is 19.4. The first-order valence-corrected chi connectivity index (χ1v) is 9.20. The summed E-state index contributed by atoms with van der Waals surface area (Å²) in [6.45, 7) is 2.00. The van der Waals surface area contributed by atoms with Gasteiger partial charge in [-0.3, -0.25) is 4.79 Å². The Morgan fingerprint density at radius 2 is 1.81 bits per heavy atom. The lowest BCUT2D eigenvalue weighted by Crippen LogP contribution is -2.22. The van der Waals surface area contributed by atoms with E-state index in [0.717, 1.165) is 10.2 Å². The van der Waals surface area contributed by atoms with E-state index < -0.39 is 5.97 Å². The second kappa shape index (κ2) is 8.13. The number of aromatic nitrogens is 1. The van der Waals surface area contributed by atoms with Gasteiger partial charge in [-0.15, -0.1) is 11.3 Å². The summed E-state index contributed by atoms with van der Waals surface area (Å²) in [6.07, 6.45) is 0. The fraction of sp³-hybridized carbons (Fsp3) is 0.263. The summed E-state index contributed by atoms with van der Waals surface area (Å²) < 4.78 is 18.1. The molecule has 0 aliphatic carbocycles. The fourth-order valence-electron chi connectivity index (χ4n) is 2.75. The molecule has 0 saturated heterocycles. The zero-order valence-corrected chi connectivity index (χ0v) is 16.1. The van der Waals surface area contributed by atoms with Crippen molar-refractivity contribution in [3.05, 3.63) is 41.4 Å². The van der Waals surface area contributed by atoms with E-state index in [4.69, 9.17) is 14.2 Å². The molecule has 0 saturated carbocycles. The third-order valence-corrected chi connectivity index (χ3v) is 4.80. The Morgan fingerprint density at radius 1 is 1.11 bits per heavy atom. The first kappa shape index (κ1) is 18.8. The predicted molar refractivity (Wildman–Crippen MR) is 104 cm³/mol. The maximum absolute atomic E-state index is 12.6. The normalized spacial score (nSPS) is 10.6. The van der Waals surface area contributed by atoms with Crippen LogP contribution in [-0.4, -0.2) is 37.3 Å². The van der Waals surface area contributed by atoms with Gasteiger partial charge in [-0.25, -0.2) is 4.79 Å². The highest BCUT2D eigenvalue weighted by Gasteiger charge is 2.19. The summed E-state index contributed by atoms with van der Waals surface area (Å²) >= 11 is 1.51. The minimum Gasteiger partial charge on any atom is -0.497 e. The minimum atomic E-state index is -0.447. The Balaban J connectivity index is 1.85.